The van der Waals surface area contributed by atoms with Crippen molar-refractivity contribution in [3.05, 3.63) is 86.9 Å². The summed E-state index contributed by atoms with van der Waals surface area (Å²) in [4.78, 5) is 63.5. The zero-order valence-corrected chi connectivity index (χ0v) is 18.8. The van der Waals surface area contributed by atoms with Gasteiger partial charge in [0.05, 0.1) is 16.8 Å². The molecule has 0 bridgehead atoms. The van der Waals surface area contributed by atoms with Crippen molar-refractivity contribution in [2.24, 2.45) is 17.8 Å². The van der Waals surface area contributed by atoms with Gasteiger partial charge in [0.15, 0.2) is 5.78 Å². The monoisotopic (exact) mass is 481 g/mol. The first-order valence-corrected chi connectivity index (χ1v) is 11.0. The summed E-state index contributed by atoms with van der Waals surface area (Å²) in [5.41, 5.74) is -0.187. The Kier molecular flexibility index (Phi) is 6.30. The number of amides is 3. The Morgan fingerprint density at radius 1 is 1.12 bits per heavy atom. The normalized spacial score (nSPS) is 21.4. The summed E-state index contributed by atoms with van der Waals surface area (Å²) >= 11 is 5.91. The third-order valence-electron chi connectivity index (χ3n) is 6.09. The zero-order valence-electron chi connectivity index (χ0n) is 18.1. The number of carbonyl (C=O) groups is 4. The number of imide groups is 1. The highest BCUT2D eigenvalue weighted by Gasteiger charge is 2.53. The van der Waals surface area contributed by atoms with Crippen LogP contribution >= 0.6 is 11.6 Å². The SMILES string of the molecule is C[C@@H]1C=CC[C@H]2C(=O)N(N(CC(=O)c3cccc([N+](=O)[O-])c3)C(=O)c3ccc(Cl)cc3)C(=O)[C@H]12. The van der Waals surface area contributed by atoms with Gasteiger partial charge in [0.1, 0.15) is 6.54 Å². The Labute approximate surface area is 199 Å². The van der Waals surface area contributed by atoms with Crippen LogP contribution in [0, 0.1) is 27.9 Å². The maximum absolute atomic E-state index is 13.4. The van der Waals surface area contributed by atoms with E-state index in [1.165, 1.54) is 42.5 Å². The van der Waals surface area contributed by atoms with E-state index < -0.39 is 46.8 Å². The number of Topliss-reactive ketones (excluding diaryl/α,β-unsaturated/α-hetero) is 1. The lowest BCUT2D eigenvalue weighted by Gasteiger charge is -2.30. The molecule has 2 aromatic carbocycles. The number of ketones is 1. The minimum absolute atomic E-state index is 0.0188. The van der Waals surface area contributed by atoms with Gasteiger partial charge in [-0.25, -0.2) is 5.01 Å². The summed E-state index contributed by atoms with van der Waals surface area (Å²) in [6, 6.07) is 10.9. The van der Waals surface area contributed by atoms with Crippen LogP contribution < -0.4 is 0 Å². The van der Waals surface area contributed by atoms with Gasteiger partial charge >= 0.3 is 0 Å². The van der Waals surface area contributed by atoms with Gasteiger partial charge in [-0.05, 0) is 36.6 Å². The second kappa shape index (κ2) is 9.18. The van der Waals surface area contributed by atoms with Crippen molar-refractivity contribution in [2.45, 2.75) is 13.3 Å². The van der Waals surface area contributed by atoms with Crippen LogP contribution in [-0.4, -0.2) is 45.0 Å². The summed E-state index contributed by atoms with van der Waals surface area (Å²) in [6.45, 7) is 1.17. The first kappa shape index (κ1) is 23.3. The second-order valence-corrected chi connectivity index (χ2v) is 8.68. The molecule has 2 aromatic rings. The molecule has 3 amide bonds. The lowest BCUT2D eigenvalue weighted by Crippen LogP contribution is -2.52. The summed E-state index contributed by atoms with van der Waals surface area (Å²) in [7, 11) is 0. The van der Waals surface area contributed by atoms with Crippen LogP contribution in [0.4, 0.5) is 5.69 Å². The van der Waals surface area contributed by atoms with E-state index in [1.807, 2.05) is 19.1 Å². The molecule has 0 spiro atoms. The molecule has 1 aliphatic heterocycles. The Hall–Kier alpha value is -3.85. The van der Waals surface area contributed by atoms with Crippen LogP contribution in [-0.2, 0) is 9.59 Å². The van der Waals surface area contributed by atoms with E-state index in [1.54, 1.807) is 0 Å². The number of fused-ring (bicyclic) bond motifs is 1. The molecule has 9 nitrogen and oxygen atoms in total. The van der Waals surface area contributed by atoms with Gasteiger partial charge in [-0.3, -0.25) is 29.3 Å². The molecule has 10 heteroatoms. The number of hydrogen-bond donors (Lipinski definition) is 0. The van der Waals surface area contributed by atoms with Crippen molar-refractivity contribution < 1.29 is 24.1 Å². The largest absolute Gasteiger partial charge is 0.292 e. The van der Waals surface area contributed by atoms with Gasteiger partial charge < -0.3 is 0 Å². The van der Waals surface area contributed by atoms with E-state index in [0.29, 0.717) is 11.4 Å². The number of carbonyl (C=O) groups excluding carboxylic acids is 4. The highest BCUT2D eigenvalue weighted by atomic mass is 35.5. The van der Waals surface area contributed by atoms with Crippen molar-refractivity contribution in [3.63, 3.8) is 0 Å². The molecule has 0 radical (unpaired) electrons. The summed E-state index contributed by atoms with van der Waals surface area (Å²) in [5.74, 6) is -3.97. The van der Waals surface area contributed by atoms with Crippen LogP contribution in [0.2, 0.25) is 5.02 Å². The number of nitro benzene ring substituents is 1. The fourth-order valence-corrected chi connectivity index (χ4v) is 4.49. The Bertz CT molecular complexity index is 1230. The predicted octanol–water partition coefficient (Wildman–Crippen LogP) is 3.69. The van der Waals surface area contributed by atoms with Crippen LogP contribution in [0.1, 0.15) is 34.1 Å². The predicted molar refractivity (Wildman–Crippen MR) is 122 cm³/mol. The fraction of sp³-hybridized carbons (Fsp3) is 0.250. The van der Waals surface area contributed by atoms with Gasteiger partial charge in [-0.2, -0.15) is 5.01 Å². The van der Waals surface area contributed by atoms with Crippen molar-refractivity contribution in [1.82, 2.24) is 10.0 Å². The van der Waals surface area contributed by atoms with Crippen molar-refractivity contribution >= 4 is 40.8 Å². The number of hydrogen-bond acceptors (Lipinski definition) is 6. The Morgan fingerprint density at radius 3 is 2.47 bits per heavy atom. The number of nitro groups is 1. The molecule has 0 unspecified atom stereocenters. The number of non-ortho nitro benzene ring substituents is 1. The average molecular weight is 482 g/mol. The van der Waals surface area contributed by atoms with Crippen LogP contribution in [0.5, 0.6) is 0 Å². The lowest BCUT2D eigenvalue weighted by molar-refractivity contribution is -0.384. The van der Waals surface area contributed by atoms with Crippen molar-refractivity contribution in [3.8, 4) is 0 Å². The first-order valence-electron chi connectivity index (χ1n) is 10.6. The molecule has 1 saturated heterocycles. The molecule has 0 aromatic heterocycles. The van der Waals surface area contributed by atoms with Crippen LogP contribution in [0.25, 0.3) is 0 Å². The van der Waals surface area contributed by atoms with E-state index in [-0.39, 0.29) is 22.7 Å². The Morgan fingerprint density at radius 2 is 1.82 bits per heavy atom. The number of hydrazine groups is 1. The average Bonchev–Trinajstić information content (AvgIpc) is 3.08. The molecule has 4 rings (SSSR count). The maximum Gasteiger partial charge on any atom is 0.273 e. The number of rotatable bonds is 6. The standard InChI is InChI=1S/C24H20ClN3O6/c1-14-4-2-7-19-21(14)24(32)27(23(19)31)26(22(30)15-8-10-17(25)11-9-15)13-20(29)16-5-3-6-18(12-16)28(33)34/h2-6,8-12,14,19,21H,7,13H2,1H3/t14-,19-,21-/m1/s1. The number of nitrogens with zero attached hydrogens (tertiary/aromatic N) is 3. The van der Waals surface area contributed by atoms with Gasteiger partial charge in [0.2, 0.25) is 0 Å². The molecular weight excluding hydrogens is 462 g/mol. The maximum atomic E-state index is 13.4. The van der Waals surface area contributed by atoms with Gasteiger partial charge in [-0.1, -0.05) is 42.8 Å². The second-order valence-electron chi connectivity index (χ2n) is 8.24. The topological polar surface area (TPSA) is 118 Å². The smallest absolute Gasteiger partial charge is 0.273 e. The molecule has 1 heterocycles. The highest BCUT2D eigenvalue weighted by molar-refractivity contribution is 6.30. The first-order chi connectivity index (χ1) is 16.2. The third-order valence-corrected chi connectivity index (χ3v) is 6.34. The molecule has 34 heavy (non-hydrogen) atoms. The van der Waals surface area contributed by atoms with E-state index >= 15 is 0 Å². The molecule has 1 fully saturated rings. The molecule has 174 valence electrons. The van der Waals surface area contributed by atoms with Crippen molar-refractivity contribution in [2.75, 3.05) is 6.54 Å². The molecular formula is C24H20ClN3O6. The van der Waals surface area contributed by atoms with E-state index in [4.69, 9.17) is 11.6 Å². The van der Waals surface area contributed by atoms with Gasteiger partial charge in [0.25, 0.3) is 23.4 Å². The summed E-state index contributed by atoms with van der Waals surface area (Å²) < 4.78 is 0. The molecule has 2 aliphatic rings. The fourth-order valence-electron chi connectivity index (χ4n) is 4.36. The summed E-state index contributed by atoms with van der Waals surface area (Å²) in [5, 5.41) is 13.1. The van der Waals surface area contributed by atoms with Crippen LogP contribution in [0.3, 0.4) is 0 Å². The molecule has 1 aliphatic carbocycles. The minimum Gasteiger partial charge on any atom is -0.292 e. The number of benzene rings is 2. The third kappa shape index (κ3) is 4.22. The minimum atomic E-state index is -0.739. The zero-order chi connectivity index (χ0) is 24.6. The van der Waals surface area contributed by atoms with E-state index in [0.717, 1.165) is 16.1 Å². The summed E-state index contributed by atoms with van der Waals surface area (Å²) in [6.07, 6.45) is 4.05. The lowest BCUT2D eigenvalue weighted by atomic mass is 9.78. The quantitative estimate of drug-likeness (QED) is 0.204. The highest BCUT2D eigenvalue weighted by Crippen LogP contribution is 2.39. The molecule has 0 N–H and O–H groups in total. The van der Waals surface area contributed by atoms with Crippen LogP contribution in [0.15, 0.2) is 60.7 Å². The molecule has 3 atom stereocenters. The van der Waals surface area contributed by atoms with E-state index in [9.17, 15) is 29.3 Å². The van der Waals surface area contributed by atoms with Crippen molar-refractivity contribution in [1.29, 1.82) is 0 Å². The molecule has 0 saturated carbocycles. The van der Waals surface area contributed by atoms with Gasteiger partial charge in [-0.15, -0.1) is 0 Å². The number of allylic oxidation sites excluding steroid dienone is 2. The Balaban J connectivity index is 1.71. The van der Waals surface area contributed by atoms with E-state index in [2.05, 4.69) is 0 Å². The van der Waals surface area contributed by atoms with Gasteiger partial charge in [0, 0.05) is 28.3 Å². The number of halogens is 1.